The summed E-state index contributed by atoms with van der Waals surface area (Å²) in [5.41, 5.74) is 0.675. The minimum Gasteiger partial charge on any atom is -0.383 e. The molecule has 0 heterocycles. The van der Waals surface area contributed by atoms with E-state index in [4.69, 9.17) is 4.74 Å². The molecule has 0 saturated heterocycles. The van der Waals surface area contributed by atoms with Crippen molar-refractivity contribution < 1.29 is 9.13 Å². The summed E-state index contributed by atoms with van der Waals surface area (Å²) in [5, 5.41) is 6.22. The van der Waals surface area contributed by atoms with Crippen molar-refractivity contribution in [2.24, 2.45) is 4.99 Å². The average Bonchev–Trinajstić information content (AvgIpc) is 2.41. The maximum Gasteiger partial charge on any atom is 0.191 e. The van der Waals surface area contributed by atoms with E-state index >= 15 is 0 Å². The quantitative estimate of drug-likeness (QED) is 0.297. The highest BCUT2D eigenvalue weighted by Gasteiger charge is 2.03. The van der Waals surface area contributed by atoms with E-state index in [1.807, 2.05) is 0 Å². The molecule has 1 rings (SSSR count). The Balaban J connectivity index is 0.00000361. The maximum atomic E-state index is 13.5. The largest absolute Gasteiger partial charge is 0.383 e. The van der Waals surface area contributed by atoms with Crippen molar-refractivity contribution >= 4 is 45.9 Å². The van der Waals surface area contributed by atoms with Crippen LogP contribution >= 0.6 is 39.9 Å². The van der Waals surface area contributed by atoms with Gasteiger partial charge in [-0.15, -0.1) is 24.0 Å². The molecular formula is C13H20BrFIN3O. The number of nitrogens with one attached hydrogen (secondary N) is 2. The number of rotatable bonds is 6. The molecule has 0 aromatic heterocycles. The van der Waals surface area contributed by atoms with Gasteiger partial charge in [0.25, 0.3) is 0 Å². The van der Waals surface area contributed by atoms with E-state index in [2.05, 4.69) is 31.6 Å². The first-order valence-electron chi connectivity index (χ1n) is 6.04. The van der Waals surface area contributed by atoms with Gasteiger partial charge >= 0.3 is 0 Å². The fourth-order valence-corrected chi connectivity index (χ4v) is 1.95. The Kier molecular flexibility index (Phi) is 11.0. The number of benzene rings is 1. The monoisotopic (exact) mass is 459 g/mol. The normalized spacial score (nSPS) is 10.9. The Morgan fingerprint density at radius 1 is 1.35 bits per heavy atom. The van der Waals surface area contributed by atoms with Crippen LogP contribution in [0, 0.1) is 5.82 Å². The molecule has 7 heteroatoms. The highest BCUT2D eigenvalue weighted by Crippen LogP contribution is 2.15. The second-order valence-corrected chi connectivity index (χ2v) is 4.82. The summed E-state index contributed by atoms with van der Waals surface area (Å²) in [7, 11) is 3.34. The molecule has 0 aliphatic rings. The highest BCUT2D eigenvalue weighted by atomic mass is 127. The van der Waals surface area contributed by atoms with E-state index in [0.29, 0.717) is 37.6 Å². The summed E-state index contributed by atoms with van der Waals surface area (Å²) in [6, 6.07) is 4.95. The Hall–Kier alpha value is -0.410. The lowest BCUT2D eigenvalue weighted by atomic mass is 10.1. The Morgan fingerprint density at radius 2 is 2.05 bits per heavy atom. The van der Waals surface area contributed by atoms with Gasteiger partial charge in [0.1, 0.15) is 5.82 Å². The van der Waals surface area contributed by atoms with E-state index in [9.17, 15) is 4.39 Å². The average molecular weight is 460 g/mol. The molecule has 0 amide bonds. The van der Waals surface area contributed by atoms with Crippen molar-refractivity contribution in [1.29, 1.82) is 0 Å². The molecule has 0 fully saturated rings. The van der Waals surface area contributed by atoms with Gasteiger partial charge in [-0.2, -0.15) is 0 Å². The number of guanidine groups is 1. The van der Waals surface area contributed by atoms with Crippen LogP contribution in [-0.4, -0.2) is 39.8 Å². The van der Waals surface area contributed by atoms with Crippen molar-refractivity contribution in [3.05, 3.63) is 34.1 Å². The molecular weight excluding hydrogens is 440 g/mol. The number of nitrogens with zero attached hydrogens (tertiary/aromatic N) is 1. The molecule has 1 aromatic carbocycles. The summed E-state index contributed by atoms with van der Waals surface area (Å²) in [6.45, 7) is 1.91. The predicted molar refractivity (Wildman–Crippen MR) is 94.5 cm³/mol. The van der Waals surface area contributed by atoms with Crippen molar-refractivity contribution in [2.45, 2.75) is 6.42 Å². The predicted octanol–water partition coefficient (Wildman–Crippen LogP) is 2.56. The number of hydrogen-bond donors (Lipinski definition) is 2. The van der Waals surface area contributed by atoms with Gasteiger partial charge in [0.05, 0.1) is 6.61 Å². The zero-order valence-electron chi connectivity index (χ0n) is 11.6. The van der Waals surface area contributed by atoms with Crippen molar-refractivity contribution in [3.8, 4) is 0 Å². The molecule has 0 saturated carbocycles. The van der Waals surface area contributed by atoms with E-state index in [1.165, 1.54) is 6.07 Å². The van der Waals surface area contributed by atoms with Crippen molar-refractivity contribution in [1.82, 2.24) is 10.6 Å². The Bertz CT molecular complexity index is 432. The fourth-order valence-electron chi connectivity index (χ4n) is 1.54. The zero-order valence-corrected chi connectivity index (χ0v) is 15.5. The maximum absolute atomic E-state index is 13.5. The molecule has 0 aliphatic heterocycles. The molecule has 114 valence electrons. The van der Waals surface area contributed by atoms with Crippen LogP contribution in [0.5, 0.6) is 0 Å². The Morgan fingerprint density at radius 3 is 2.70 bits per heavy atom. The first-order chi connectivity index (χ1) is 9.17. The van der Waals surface area contributed by atoms with Gasteiger partial charge in [-0.1, -0.05) is 15.9 Å². The smallest absolute Gasteiger partial charge is 0.191 e. The van der Waals surface area contributed by atoms with Crippen LogP contribution < -0.4 is 10.6 Å². The lowest BCUT2D eigenvalue weighted by Gasteiger charge is -2.11. The minimum absolute atomic E-state index is 0. The van der Waals surface area contributed by atoms with E-state index in [-0.39, 0.29) is 29.8 Å². The molecule has 4 nitrogen and oxygen atoms in total. The summed E-state index contributed by atoms with van der Waals surface area (Å²) in [5.74, 6) is 0.500. The molecule has 0 unspecified atom stereocenters. The number of halogens is 3. The van der Waals surface area contributed by atoms with Crippen molar-refractivity contribution in [3.63, 3.8) is 0 Å². The second-order valence-electron chi connectivity index (χ2n) is 3.90. The van der Waals surface area contributed by atoms with Crippen LogP contribution in [0.3, 0.4) is 0 Å². The third kappa shape index (κ3) is 7.39. The minimum atomic E-state index is -0.188. The van der Waals surface area contributed by atoms with E-state index in [1.54, 1.807) is 26.3 Å². The van der Waals surface area contributed by atoms with Crippen LogP contribution in [0.1, 0.15) is 5.56 Å². The van der Waals surface area contributed by atoms with Crippen molar-refractivity contribution in [2.75, 3.05) is 33.9 Å². The molecule has 20 heavy (non-hydrogen) atoms. The van der Waals surface area contributed by atoms with Crippen LogP contribution in [0.25, 0.3) is 0 Å². The number of ether oxygens (including phenoxy) is 1. The first-order valence-corrected chi connectivity index (χ1v) is 6.84. The number of hydrogen-bond acceptors (Lipinski definition) is 2. The van der Waals surface area contributed by atoms with Gasteiger partial charge in [-0.05, 0) is 30.2 Å². The lowest BCUT2D eigenvalue weighted by Crippen LogP contribution is -2.39. The standard InChI is InChI=1S/C13H19BrFN3O.HI/c1-16-13(18-7-8-19-2)17-6-5-10-9-11(14)3-4-12(10)15;/h3-4,9H,5-8H2,1-2H3,(H2,16,17,18);1H. The highest BCUT2D eigenvalue weighted by molar-refractivity contribution is 14.0. The van der Waals surface area contributed by atoms with Gasteiger partial charge in [0, 0.05) is 31.7 Å². The SMILES string of the molecule is CN=C(NCCOC)NCCc1cc(Br)ccc1F.I. The molecule has 0 spiro atoms. The van der Waals surface area contributed by atoms with Gasteiger partial charge in [-0.3, -0.25) is 4.99 Å². The molecule has 0 radical (unpaired) electrons. The van der Waals surface area contributed by atoms with E-state index in [0.717, 1.165) is 4.47 Å². The van der Waals surface area contributed by atoms with Crippen LogP contribution in [0.4, 0.5) is 4.39 Å². The van der Waals surface area contributed by atoms with Gasteiger partial charge in [0.15, 0.2) is 5.96 Å². The summed E-state index contributed by atoms with van der Waals surface area (Å²) in [6.07, 6.45) is 0.594. The first kappa shape index (κ1) is 19.6. The number of aliphatic imine (C=N–C) groups is 1. The van der Waals surface area contributed by atoms with Gasteiger partial charge < -0.3 is 15.4 Å². The van der Waals surface area contributed by atoms with E-state index < -0.39 is 0 Å². The third-order valence-electron chi connectivity index (χ3n) is 2.52. The Labute approximate surface area is 144 Å². The fraction of sp³-hybridized carbons (Fsp3) is 0.462. The molecule has 0 aliphatic carbocycles. The molecule has 1 aromatic rings. The summed E-state index contributed by atoms with van der Waals surface area (Å²) in [4.78, 5) is 4.07. The van der Waals surface area contributed by atoms with Crippen LogP contribution in [-0.2, 0) is 11.2 Å². The molecule has 2 N–H and O–H groups in total. The number of methoxy groups -OCH3 is 1. The molecule has 0 atom stereocenters. The van der Waals surface area contributed by atoms with Gasteiger partial charge in [-0.25, -0.2) is 4.39 Å². The lowest BCUT2D eigenvalue weighted by molar-refractivity contribution is 0.203. The second kappa shape index (κ2) is 11.3. The van der Waals surface area contributed by atoms with Crippen LogP contribution in [0.15, 0.2) is 27.7 Å². The van der Waals surface area contributed by atoms with Gasteiger partial charge in [0.2, 0.25) is 0 Å². The zero-order chi connectivity index (χ0) is 14.1. The summed E-state index contributed by atoms with van der Waals surface area (Å²) < 4.78 is 19.3. The third-order valence-corrected chi connectivity index (χ3v) is 3.01. The molecule has 0 bridgehead atoms. The van der Waals surface area contributed by atoms with Crippen LogP contribution in [0.2, 0.25) is 0 Å². The summed E-state index contributed by atoms with van der Waals surface area (Å²) >= 11 is 3.34. The topological polar surface area (TPSA) is 45.7 Å².